The van der Waals surface area contributed by atoms with Crippen LogP contribution in [-0.2, 0) is 14.8 Å². The lowest BCUT2D eigenvalue weighted by atomic mass is 9.89. The Morgan fingerprint density at radius 1 is 1.30 bits per heavy atom. The molecule has 1 aliphatic heterocycles. The highest BCUT2D eigenvalue weighted by Crippen LogP contribution is 2.40. The van der Waals surface area contributed by atoms with Crippen LogP contribution in [-0.4, -0.2) is 44.8 Å². The van der Waals surface area contributed by atoms with Crippen molar-refractivity contribution in [3.8, 4) is 11.5 Å². The predicted octanol–water partition coefficient (Wildman–Crippen LogP) is 3.10. The first-order valence-corrected chi connectivity index (χ1v) is 12.0. The van der Waals surface area contributed by atoms with Gasteiger partial charge >= 0.3 is 0 Å². The summed E-state index contributed by atoms with van der Waals surface area (Å²) < 4.78 is 37.1. The number of amides is 1. The summed E-state index contributed by atoms with van der Waals surface area (Å²) in [6, 6.07) is 8.86. The molecule has 2 aromatic carbocycles. The summed E-state index contributed by atoms with van der Waals surface area (Å²) in [5.41, 5.74) is 0.847. The topological polar surface area (TPSA) is 128 Å². The van der Waals surface area contributed by atoms with Gasteiger partial charge in [-0.3, -0.25) is 19.2 Å². The molecule has 2 aromatic rings. The van der Waals surface area contributed by atoms with Crippen molar-refractivity contribution in [3.63, 3.8) is 0 Å². The van der Waals surface area contributed by atoms with Crippen LogP contribution in [0.5, 0.6) is 11.5 Å². The molecule has 1 heterocycles. The van der Waals surface area contributed by atoms with Crippen molar-refractivity contribution in [3.05, 3.63) is 57.6 Å². The van der Waals surface area contributed by atoms with E-state index < -0.39 is 39.0 Å². The number of sulfonamides is 1. The van der Waals surface area contributed by atoms with E-state index in [4.69, 9.17) is 9.47 Å². The Kier molecular flexibility index (Phi) is 6.55. The molecule has 0 radical (unpaired) electrons. The standard InChI is InChI=1S/C22H27N3O7S/c1-14-6-8-19-16(10-14)17(12-22(2,3)32-19)23-21(26)13-24(33(5,29)30)18-11-15(25(27)28)7-9-20(18)31-4/h6-11,17H,12-13H2,1-5H3,(H,23,26). The Morgan fingerprint density at radius 3 is 2.61 bits per heavy atom. The lowest BCUT2D eigenvalue weighted by molar-refractivity contribution is -0.384. The van der Waals surface area contributed by atoms with Crippen molar-refractivity contribution < 1.29 is 27.6 Å². The fraction of sp³-hybridized carbons (Fsp3) is 0.409. The fourth-order valence-electron chi connectivity index (χ4n) is 3.84. The van der Waals surface area contributed by atoms with E-state index in [9.17, 15) is 23.3 Å². The van der Waals surface area contributed by atoms with Crippen molar-refractivity contribution in [2.24, 2.45) is 0 Å². The first-order valence-electron chi connectivity index (χ1n) is 10.2. The lowest BCUT2D eigenvalue weighted by Gasteiger charge is -2.38. The van der Waals surface area contributed by atoms with Crippen molar-refractivity contribution in [2.75, 3.05) is 24.2 Å². The summed E-state index contributed by atoms with van der Waals surface area (Å²) in [6.07, 6.45) is 1.41. The third kappa shape index (κ3) is 5.54. The average Bonchev–Trinajstić information content (AvgIpc) is 2.70. The molecule has 10 nitrogen and oxygen atoms in total. The molecule has 1 amide bonds. The molecular weight excluding hydrogens is 450 g/mol. The highest BCUT2D eigenvalue weighted by atomic mass is 32.2. The average molecular weight is 478 g/mol. The number of carbonyl (C=O) groups is 1. The minimum Gasteiger partial charge on any atom is -0.495 e. The second-order valence-corrected chi connectivity index (χ2v) is 10.5. The maximum atomic E-state index is 13.0. The number of carbonyl (C=O) groups excluding carboxylic acids is 1. The Bertz CT molecular complexity index is 1190. The van der Waals surface area contributed by atoms with E-state index in [-0.39, 0.29) is 17.1 Å². The van der Waals surface area contributed by atoms with Gasteiger partial charge in [0.15, 0.2) is 0 Å². The largest absolute Gasteiger partial charge is 0.495 e. The number of rotatable bonds is 7. The van der Waals surface area contributed by atoms with Gasteiger partial charge in [-0.15, -0.1) is 0 Å². The molecule has 1 N–H and O–H groups in total. The van der Waals surface area contributed by atoms with Crippen LogP contribution in [0.25, 0.3) is 0 Å². The number of hydrogen-bond donors (Lipinski definition) is 1. The second kappa shape index (κ2) is 8.89. The quantitative estimate of drug-likeness (QED) is 0.479. The highest BCUT2D eigenvalue weighted by molar-refractivity contribution is 7.92. The fourth-order valence-corrected chi connectivity index (χ4v) is 4.69. The SMILES string of the molecule is COc1ccc([N+](=O)[O-])cc1N(CC(=O)NC1CC(C)(C)Oc2ccc(C)cc21)S(C)(=O)=O. The number of methoxy groups -OCH3 is 1. The van der Waals surface area contributed by atoms with Gasteiger partial charge in [0.2, 0.25) is 15.9 Å². The van der Waals surface area contributed by atoms with Crippen LogP contribution in [0, 0.1) is 17.0 Å². The number of non-ortho nitro benzene ring substituents is 1. The van der Waals surface area contributed by atoms with Crippen LogP contribution in [0.4, 0.5) is 11.4 Å². The van der Waals surface area contributed by atoms with E-state index in [1.807, 2.05) is 39.0 Å². The van der Waals surface area contributed by atoms with Gasteiger partial charge in [-0.2, -0.15) is 0 Å². The van der Waals surface area contributed by atoms with E-state index in [2.05, 4.69) is 5.32 Å². The van der Waals surface area contributed by atoms with E-state index >= 15 is 0 Å². The Balaban J connectivity index is 1.93. The molecule has 1 aliphatic rings. The maximum Gasteiger partial charge on any atom is 0.271 e. The van der Waals surface area contributed by atoms with Gasteiger partial charge in [0, 0.05) is 24.1 Å². The number of ether oxygens (including phenoxy) is 2. The van der Waals surface area contributed by atoms with E-state index in [1.54, 1.807) is 0 Å². The summed E-state index contributed by atoms with van der Waals surface area (Å²) >= 11 is 0. The maximum absolute atomic E-state index is 13.0. The first kappa shape index (κ1) is 24.3. The van der Waals surface area contributed by atoms with Gasteiger partial charge in [0.1, 0.15) is 29.3 Å². The third-order valence-corrected chi connectivity index (χ3v) is 6.41. The van der Waals surface area contributed by atoms with Crippen molar-refractivity contribution in [1.29, 1.82) is 0 Å². The number of aryl methyl sites for hydroxylation is 1. The van der Waals surface area contributed by atoms with Gasteiger partial charge < -0.3 is 14.8 Å². The summed E-state index contributed by atoms with van der Waals surface area (Å²) in [6.45, 7) is 5.17. The molecule has 3 rings (SSSR count). The lowest BCUT2D eigenvalue weighted by Crippen LogP contribution is -2.45. The van der Waals surface area contributed by atoms with Gasteiger partial charge in [-0.1, -0.05) is 17.7 Å². The summed E-state index contributed by atoms with van der Waals surface area (Å²) in [7, 11) is -2.66. The van der Waals surface area contributed by atoms with Crippen LogP contribution in [0.3, 0.4) is 0 Å². The summed E-state index contributed by atoms with van der Waals surface area (Å²) in [5.74, 6) is 0.179. The molecule has 0 saturated heterocycles. The zero-order valence-electron chi connectivity index (χ0n) is 19.1. The molecule has 178 valence electrons. The van der Waals surface area contributed by atoms with Crippen molar-refractivity contribution >= 4 is 27.3 Å². The highest BCUT2D eigenvalue weighted by Gasteiger charge is 2.35. The van der Waals surface area contributed by atoms with Gasteiger partial charge in [-0.25, -0.2) is 8.42 Å². The van der Waals surface area contributed by atoms with E-state index in [0.717, 1.165) is 27.8 Å². The molecule has 0 spiro atoms. The molecule has 0 bridgehead atoms. The summed E-state index contributed by atoms with van der Waals surface area (Å²) in [5, 5.41) is 14.1. The Labute approximate surface area is 192 Å². The van der Waals surface area contributed by atoms with Crippen LogP contribution >= 0.6 is 0 Å². The number of nitrogens with one attached hydrogen (secondary N) is 1. The van der Waals surface area contributed by atoms with E-state index in [0.29, 0.717) is 12.2 Å². The molecule has 0 fully saturated rings. The minimum absolute atomic E-state index is 0.0898. The van der Waals surface area contributed by atoms with Crippen LogP contribution in [0.1, 0.15) is 37.4 Å². The first-order chi connectivity index (χ1) is 15.3. The number of nitro groups is 1. The van der Waals surface area contributed by atoms with Gasteiger partial charge in [-0.05, 0) is 32.9 Å². The number of fused-ring (bicyclic) bond motifs is 1. The van der Waals surface area contributed by atoms with Crippen molar-refractivity contribution in [2.45, 2.75) is 38.8 Å². The zero-order chi connectivity index (χ0) is 24.6. The molecule has 0 aromatic heterocycles. The normalized spacial score (nSPS) is 16.8. The zero-order valence-corrected chi connectivity index (χ0v) is 19.9. The minimum atomic E-state index is -3.97. The van der Waals surface area contributed by atoms with Gasteiger partial charge in [0.25, 0.3) is 5.69 Å². The van der Waals surface area contributed by atoms with Crippen LogP contribution in [0.2, 0.25) is 0 Å². The second-order valence-electron chi connectivity index (χ2n) is 8.61. The number of nitro benzene ring substituents is 1. The Morgan fingerprint density at radius 2 is 2.00 bits per heavy atom. The number of nitrogens with zero attached hydrogens (tertiary/aromatic N) is 2. The van der Waals surface area contributed by atoms with Crippen LogP contribution in [0.15, 0.2) is 36.4 Å². The summed E-state index contributed by atoms with van der Waals surface area (Å²) in [4.78, 5) is 23.6. The Hall–Kier alpha value is -3.34. The molecule has 1 atom stereocenters. The number of anilines is 1. The monoisotopic (exact) mass is 477 g/mol. The molecule has 0 saturated carbocycles. The number of hydrogen-bond acceptors (Lipinski definition) is 7. The smallest absolute Gasteiger partial charge is 0.271 e. The molecule has 11 heteroatoms. The van der Waals surface area contributed by atoms with Crippen LogP contribution < -0.4 is 19.1 Å². The molecule has 1 unspecified atom stereocenters. The number of benzene rings is 2. The van der Waals surface area contributed by atoms with E-state index in [1.165, 1.54) is 19.2 Å². The molecular formula is C22H27N3O7S. The predicted molar refractivity (Wildman–Crippen MR) is 123 cm³/mol. The molecule has 33 heavy (non-hydrogen) atoms. The van der Waals surface area contributed by atoms with Crippen molar-refractivity contribution in [1.82, 2.24) is 5.32 Å². The third-order valence-electron chi connectivity index (χ3n) is 5.29. The van der Waals surface area contributed by atoms with Gasteiger partial charge in [0.05, 0.1) is 24.3 Å². The molecule has 0 aliphatic carbocycles.